The van der Waals surface area contributed by atoms with Crippen LogP contribution in [0.1, 0.15) is 30.9 Å². The van der Waals surface area contributed by atoms with Gasteiger partial charge < -0.3 is 15.1 Å². The Morgan fingerprint density at radius 2 is 1.46 bits per heavy atom. The monoisotopic (exact) mass is 393 g/mol. The molecule has 0 spiro atoms. The van der Waals surface area contributed by atoms with Crippen molar-refractivity contribution in [3.05, 3.63) is 59.7 Å². The number of halogens is 1. The number of hydrogen-bond donors (Lipinski definition) is 2. The van der Waals surface area contributed by atoms with Gasteiger partial charge in [-0.25, -0.2) is 0 Å². The molecule has 3 nitrogen and oxygen atoms in total. The Hall–Kier alpha value is -1.52. The molecule has 2 aromatic carbocycles. The van der Waals surface area contributed by atoms with Gasteiger partial charge in [-0.05, 0) is 49.1 Å². The molecular weight excluding hydrogens is 366 g/mol. The van der Waals surface area contributed by atoms with Crippen LogP contribution in [0.15, 0.2) is 48.5 Å². The molecule has 0 fully saturated rings. The Morgan fingerprint density at radius 1 is 0.792 bits per heavy atom. The number of hydrogen-bond acceptors (Lipinski definition) is 3. The summed E-state index contributed by atoms with van der Waals surface area (Å²) in [4.78, 5) is 2.49. The van der Waals surface area contributed by atoms with Crippen molar-refractivity contribution >= 4 is 17.0 Å². The van der Waals surface area contributed by atoms with Crippen LogP contribution in [0.3, 0.4) is 0 Å². The minimum absolute atomic E-state index is 0. The molecule has 0 saturated carbocycles. The van der Waals surface area contributed by atoms with Crippen LogP contribution in [-0.2, 0) is 12.8 Å². The minimum Gasteiger partial charge on any atom is -0.504 e. The third-order valence-corrected chi connectivity index (χ3v) is 4.14. The van der Waals surface area contributed by atoms with Gasteiger partial charge in [0.1, 0.15) is 0 Å². The van der Waals surface area contributed by atoms with E-state index < -0.39 is 0 Å². The summed E-state index contributed by atoms with van der Waals surface area (Å²) in [5.74, 6) is -0.0902. The molecule has 0 heterocycles. The van der Waals surface area contributed by atoms with Crippen LogP contribution >= 0.6 is 17.0 Å². The van der Waals surface area contributed by atoms with E-state index in [0.29, 0.717) is 0 Å². The van der Waals surface area contributed by atoms with Gasteiger partial charge in [0.05, 0.1) is 0 Å². The summed E-state index contributed by atoms with van der Waals surface area (Å²) in [6, 6.07) is 15.7. The Bertz CT molecular complexity index is 589. The van der Waals surface area contributed by atoms with Crippen molar-refractivity contribution in [2.45, 2.75) is 32.6 Å². The quantitative estimate of drug-likeness (QED) is 0.613. The topological polar surface area (TPSA) is 43.7 Å². The Morgan fingerprint density at radius 3 is 2.08 bits per heavy atom. The highest BCUT2D eigenvalue weighted by Crippen LogP contribution is 2.25. The van der Waals surface area contributed by atoms with Gasteiger partial charge in [0, 0.05) is 13.1 Å². The third-order valence-electron chi connectivity index (χ3n) is 4.14. The highest BCUT2D eigenvalue weighted by molar-refractivity contribution is 8.93. The third kappa shape index (κ3) is 6.93. The van der Waals surface area contributed by atoms with E-state index in [9.17, 15) is 10.2 Å². The van der Waals surface area contributed by atoms with Crippen LogP contribution < -0.4 is 0 Å². The molecule has 0 unspecified atom stereocenters. The van der Waals surface area contributed by atoms with Crippen LogP contribution in [-0.4, -0.2) is 34.7 Å². The molecule has 132 valence electrons. The van der Waals surface area contributed by atoms with E-state index in [2.05, 4.69) is 42.2 Å². The van der Waals surface area contributed by atoms with Gasteiger partial charge in [0.25, 0.3) is 0 Å². The van der Waals surface area contributed by atoms with Crippen LogP contribution in [0.5, 0.6) is 11.5 Å². The van der Waals surface area contributed by atoms with Gasteiger partial charge in [-0.15, -0.1) is 17.0 Å². The van der Waals surface area contributed by atoms with Gasteiger partial charge in [-0.3, -0.25) is 0 Å². The van der Waals surface area contributed by atoms with Crippen molar-refractivity contribution < 1.29 is 10.2 Å². The molecule has 2 rings (SSSR count). The SMILES string of the molecule is Br.CCCCN(CCc1ccccc1)CCc1ccc(O)c(O)c1. The largest absolute Gasteiger partial charge is 0.504 e. The maximum Gasteiger partial charge on any atom is 0.157 e. The molecular formula is C20H28BrNO2. The molecule has 2 aromatic rings. The van der Waals surface area contributed by atoms with Gasteiger partial charge in [-0.1, -0.05) is 49.7 Å². The molecule has 0 radical (unpaired) electrons. The first-order valence-electron chi connectivity index (χ1n) is 8.46. The van der Waals surface area contributed by atoms with Crippen LogP contribution in [0.2, 0.25) is 0 Å². The zero-order valence-corrected chi connectivity index (χ0v) is 16.0. The fraction of sp³-hybridized carbons (Fsp3) is 0.400. The molecule has 0 saturated heterocycles. The Kier molecular flexibility index (Phi) is 9.50. The normalized spacial score (nSPS) is 10.6. The van der Waals surface area contributed by atoms with Crippen LogP contribution in [0, 0.1) is 0 Å². The molecule has 0 bridgehead atoms. The smallest absolute Gasteiger partial charge is 0.157 e. The Balaban J connectivity index is 0.00000288. The van der Waals surface area contributed by atoms with E-state index in [-0.39, 0.29) is 28.5 Å². The number of unbranched alkanes of at least 4 members (excludes halogenated alkanes) is 1. The maximum absolute atomic E-state index is 9.60. The molecule has 0 amide bonds. The molecule has 4 heteroatoms. The van der Waals surface area contributed by atoms with E-state index in [1.165, 1.54) is 18.4 Å². The molecule has 24 heavy (non-hydrogen) atoms. The predicted molar refractivity (Wildman–Crippen MR) is 105 cm³/mol. The average Bonchev–Trinajstić information content (AvgIpc) is 2.58. The van der Waals surface area contributed by atoms with Gasteiger partial charge in [0.2, 0.25) is 0 Å². The summed E-state index contributed by atoms with van der Waals surface area (Å²) in [6.07, 6.45) is 4.34. The fourth-order valence-electron chi connectivity index (χ4n) is 2.66. The van der Waals surface area contributed by atoms with E-state index in [1.807, 2.05) is 6.07 Å². The second kappa shape index (κ2) is 11.1. The van der Waals surface area contributed by atoms with Crippen molar-refractivity contribution in [2.24, 2.45) is 0 Å². The molecule has 0 atom stereocenters. The van der Waals surface area contributed by atoms with Gasteiger partial charge in [0.15, 0.2) is 11.5 Å². The highest BCUT2D eigenvalue weighted by Gasteiger charge is 2.07. The lowest BCUT2D eigenvalue weighted by molar-refractivity contribution is 0.276. The zero-order chi connectivity index (χ0) is 16.5. The van der Waals surface area contributed by atoms with E-state index in [0.717, 1.165) is 38.0 Å². The molecule has 2 N–H and O–H groups in total. The Labute approximate surface area is 155 Å². The first-order valence-corrected chi connectivity index (χ1v) is 8.46. The number of rotatable bonds is 9. The van der Waals surface area contributed by atoms with Crippen molar-refractivity contribution in [2.75, 3.05) is 19.6 Å². The summed E-state index contributed by atoms with van der Waals surface area (Å²) < 4.78 is 0. The second-order valence-electron chi connectivity index (χ2n) is 6.00. The highest BCUT2D eigenvalue weighted by atomic mass is 79.9. The van der Waals surface area contributed by atoms with Crippen LogP contribution in [0.4, 0.5) is 0 Å². The molecule has 0 aliphatic rings. The number of nitrogens with zero attached hydrogens (tertiary/aromatic N) is 1. The molecule has 0 aliphatic carbocycles. The minimum atomic E-state index is -0.0549. The zero-order valence-electron chi connectivity index (χ0n) is 14.3. The van der Waals surface area contributed by atoms with E-state index in [4.69, 9.17) is 0 Å². The van der Waals surface area contributed by atoms with Gasteiger partial charge in [-0.2, -0.15) is 0 Å². The maximum atomic E-state index is 9.60. The van der Waals surface area contributed by atoms with Gasteiger partial charge >= 0.3 is 0 Å². The lowest BCUT2D eigenvalue weighted by Gasteiger charge is -2.22. The first-order chi connectivity index (χ1) is 11.2. The number of phenols is 2. The van der Waals surface area contributed by atoms with Crippen molar-refractivity contribution in [3.8, 4) is 11.5 Å². The number of phenolic OH excluding ortho intramolecular Hbond substituents is 2. The van der Waals surface area contributed by atoms with E-state index in [1.54, 1.807) is 12.1 Å². The lowest BCUT2D eigenvalue weighted by atomic mass is 10.1. The fourth-order valence-corrected chi connectivity index (χ4v) is 2.66. The summed E-state index contributed by atoms with van der Waals surface area (Å²) in [7, 11) is 0. The van der Waals surface area contributed by atoms with Crippen molar-refractivity contribution in [3.63, 3.8) is 0 Å². The second-order valence-corrected chi connectivity index (χ2v) is 6.00. The van der Waals surface area contributed by atoms with E-state index >= 15 is 0 Å². The number of aromatic hydroxyl groups is 2. The molecule has 0 aromatic heterocycles. The van der Waals surface area contributed by atoms with Crippen molar-refractivity contribution in [1.29, 1.82) is 0 Å². The van der Waals surface area contributed by atoms with Crippen LogP contribution in [0.25, 0.3) is 0 Å². The lowest BCUT2D eigenvalue weighted by Crippen LogP contribution is -2.29. The summed E-state index contributed by atoms with van der Waals surface area (Å²) in [5.41, 5.74) is 2.43. The summed E-state index contributed by atoms with van der Waals surface area (Å²) in [5, 5.41) is 19.0. The first kappa shape index (κ1) is 20.5. The molecule has 0 aliphatic heterocycles. The number of benzene rings is 2. The summed E-state index contributed by atoms with van der Waals surface area (Å²) in [6.45, 7) is 5.34. The standard InChI is InChI=1S/C20H27NO2.BrH/c1-2-3-13-21(14-11-17-7-5-4-6-8-17)15-12-18-9-10-19(22)20(23)16-18;/h4-10,16,22-23H,2-3,11-15H2,1H3;1H. The average molecular weight is 394 g/mol. The summed E-state index contributed by atoms with van der Waals surface area (Å²) >= 11 is 0. The van der Waals surface area contributed by atoms with Crippen molar-refractivity contribution in [1.82, 2.24) is 4.90 Å². The predicted octanol–water partition coefficient (Wildman–Crippen LogP) is 4.56.